The Morgan fingerprint density at radius 1 is 0.967 bits per heavy atom. The minimum atomic E-state index is -4.31. The molecular weight excluding hydrogens is 422 g/mol. The summed E-state index contributed by atoms with van der Waals surface area (Å²) < 4.78 is 102. The zero-order valence-electron chi connectivity index (χ0n) is 16.4. The summed E-state index contributed by atoms with van der Waals surface area (Å²) in [5.74, 6) is -15.9. The number of carbonyl (C=O) groups excluding carboxylic acids is 1. The van der Waals surface area contributed by atoms with Crippen LogP contribution in [0.5, 0.6) is 0 Å². The van der Waals surface area contributed by atoms with Gasteiger partial charge in [-0.1, -0.05) is 0 Å². The van der Waals surface area contributed by atoms with E-state index in [0.717, 1.165) is 0 Å². The average molecular weight is 446 g/mol. The fraction of sp³-hybridized carbons (Fsp3) is 0.947. The number of alkyl halides is 6. The molecule has 4 aliphatic carbocycles. The van der Waals surface area contributed by atoms with Crippen molar-refractivity contribution in [2.45, 2.75) is 68.2 Å². The van der Waals surface area contributed by atoms with Gasteiger partial charge in [0.25, 0.3) is 0 Å². The zero-order chi connectivity index (χ0) is 22.0. The molecule has 5 nitrogen and oxygen atoms in total. The van der Waals surface area contributed by atoms with Gasteiger partial charge in [-0.2, -0.15) is 26.3 Å². The molecule has 0 radical (unpaired) electrons. The largest absolute Gasteiger partial charge is 0.459 e. The maximum atomic E-state index is 13.8. The lowest BCUT2D eigenvalue weighted by Crippen LogP contribution is -2.66. The lowest BCUT2D eigenvalue weighted by Gasteiger charge is -2.63. The van der Waals surface area contributed by atoms with Crippen LogP contribution in [0.15, 0.2) is 0 Å². The van der Waals surface area contributed by atoms with Gasteiger partial charge in [-0.25, -0.2) is 4.79 Å². The standard InChI is InChI=1S/C19H24F6O5/c1-15(20,21)14(26)27-2-3-28-16-6-11-4-12(7-16)19(13(5-11)8-16)29-9-17(22,23)18(24,25)10-30-19/h11-13H,2-10H2,1H3. The smallest absolute Gasteiger partial charge is 0.376 e. The number of carbonyl (C=O) groups is 1. The van der Waals surface area contributed by atoms with Crippen LogP contribution in [0.4, 0.5) is 26.3 Å². The van der Waals surface area contributed by atoms with Gasteiger partial charge in [0.05, 0.1) is 12.2 Å². The first-order valence-electron chi connectivity index (χ1n) is 10.0. The number of hydrogen-bond acceptors (Lipinski definition) is 5. The molecule has 0 aromatic carbocycles. The first-order valence-corrected chi connectivity index (χ1v) is 10.0. The van der Waals surface area contributed by atoms with E-state index in [1.54, 1.807) is 0 Å². The van der Waals surface area contributed by atoms with E-state index in [0.29, 0.717) is 39.0 Å². The summed E-state index contributed by atoms with van der Waals surface area (Å²) in [6.45, 7) is -2.83. The van der Waals surface area contributed by atoms with Crippen LogP contribution in [0, 0.1) is 17.8 Å². The minimum absolute atomic E-state index is 0.0984. The van der Waals surface area contributed by atoms with Crippen LogP contribution in [-0.4, -0.2) is 61.6 Å². The van der Waals surface area contributed by atoms with Gasteiger partial charge < -0.3 is 18.9 Å². The van der Waals surface area contributed by atoms with E-state index in [1.165, 1.54) is 0 Å². The van der Waals surface area contributed by atoms with E-state index >= 15 is 0 Å². The third kappa shape index (κ3) is 3.60. The fourth-order valence-electron chi connectivity index (χ4n) is 5.68. The number of esters is 1. The Kier molecular flexibility index (Phi) is 5.14. The summed E-state index contributed by atoms with van der Waals surface area (Å²) >= 11 is 0. The molecule has 11 heteroatoms. The molecule has 0 aromatic heterocycles. The summed E-state index contributed by atoms with van der Waals surface area (Å²) in [7, 11) is 0. The first kappa shape index (κ1) is 22.1. The van der Waals surface area contributed by atoms with Crippen LogP contribution in [0.25, 0.3) is 0 Å². The zero-order valence-corrected chi connectivity index (χ0v) is 16.4. The molecule has 2 atom stereocenters. The van der Waals surface area contributed by atoms with Crippen molar-refractivity contribution in [3.05, 3.63) is 0 Å². The molecule has 5 aliphatic rings. The van der Waals surface area contributed by atoms with E-state index in [9.17, 15) is 31.1 Å². The van der Waals surface area contributed by atoms with Crippen molar-refractivity contribution >= 4 is 5.97 Å². The maximum absolute atomic E-state index is 13.8. The van der Waals surface area contributed by atoms with Crippen molar-refractivity contribution in [3.63, 3.8) is 0 Å². The third-order valence-electron chi connectivity index (χ3n) is 6.85. The highest BCUT2D eigenvalue weighted by atomic mass is 19.3. The second-order valence-corrected chi connectivity index (χ2v) is 9.11. The maximum Gasteiger partial charge on any atom is 0.376 e. The molecule has 1 saturated heterocycles. The normalized spacial score (nSPS) is 38.4. The molecule has 172 valence electrons. The number of hydrogen-bond donors (Lipinski definition) is 0. The van der Waals surface area contributed by atoms with Crippen LogP contribution < -0.4 is 0 Å². The molecule has 5 rings (SSSR count). The molecule has 5 fully saturated rings. The Bertz CT molecular complexity index is 657. The molecule has 0 aromatic rings. The van der Waals surface area contributed by atoms with Crippen LogP contribution >= 0.6 is 0 Å². The Balaban J connectivity index is 1.42. The van der Waals surface area contributed by atoms with E-state index in [4.69, 9.17) is 14.2 Å². The molecule has 30 heavy (non-hydrogen) atoms. The van der Waals surface area contributed by atoms with Crippen molar-refractivity contribution < 1.29 is 50.1 Å². The highest BCUT2D eigenvalue weighted by molar-refractivity contribution is 5.76. The van der Waals surface area contributed by atoms with Crippen molar-refractivity contribution in [3.8, 4) is 0 Å². The topological polar surface area (TPSA) is 54.0 Å². The van der Waals surface area contributed by atoms with Crippen LogP contribution in [-0.2, 0) is 23.7 Å². The van der Waals surface area contributed by atoms with Crippen molar-refractivity contribution in [2.24, 2.45) is 17.8 Å². The van der Waals surface area contributed by atoms with E-state index in [2.05, 4.69) is 4.74 Å². The lowest BCUT2D eigenvalue weighted by atomic mass is 9.51. The second kappa shape index (κ2) is 6.96. The van der Waals surface area contributed by atoms with Gasteiger partial charge in [0.15, 0.2) is 5.79 Å². The van der Waals surface area contributed by atoms with Crippen LogP contribution in [0.1, 0.15) is 39.0 Å². The van der Waals surface area contributed by atoms with E-state index in [-0.39, 0.29) is 19.1 Å². The molecule has 0 amide bonds. The summed E-state index contributed by atoms with van der Waals surface area (Å²) in [6, 6.07) is 0. The van der Waals surface area contributed by atoms with E-state index in [1.807, 2.05) is 0 Å². The molecule has 1 heterocycles. The number of ether oxygens (including phenoxy) is 4. The van der Waals surface area contributed by atoms with Gasteiger partial charge in [-0.05, 0) is 38.0 Å². The molecule has 4 saturated carbocycles. The number of rotatable bonds is 5. The molecule has 0 N–H and O–H groups in total. The van der Waals surface area contributed by atoms with Gasteiger partial charge in [-0.3, -0.25) is 0 Å². The monoisotopic (exact) mass is 446 g/mol. The van der Waals surface area contributed by atoms with Crippen molar-refractivity contribution in [2.75, 3.05) is 26.4 Å². The van der Waals surface area contributed by atoms with Gasteiger partial charge in [0.1, 0.15) is 19.8 Å². The highest BCUT2D eigenvalue weighted by Crippen LogP contribution is 2.63. The molecule has 1 aliphatic heterocycles. The van der Waals surface area contributed by atoms with Gasteiger partial charge in [0, 0.05) is 18.8 Å². The number of halogens is 6. The first-order chi connectivity index (χ1) is 13.8. The molecule has 2 unspecified atom stereocenters. The van der Waals surface area contributed by atoms with Gasteiger partial charge in [-0.15, -0.1) is 0 Å². The quantitative estimate of drug-likeness (QED) is 0.366. The van der Waals surface area contributed by atoms with Gasteiger partial charge >= 0.3 is 23.7 Å². The molecule has 4 bridgehead atoms. The minimum Gasteiger partial charge on any atom is -0.459 e. The second-order valence-electron chi connectivity index (χ2n) is 9.11. The van der Waals surface area contributed by atoms with Crippen molar-refractivity contribution in [1.82, 2.24) is 0 Å². The van der Waals surface area contributed by atoms with Gasteiger partial charge in [0.2, 0.25) is 0 Å². The van der Waals surface area contributed by atoms with Crippen molar-refractivity contribution in [1.29, 1.82) is 0 Å². The predicted molar refractivity (Wildman–Crippen MR) is 88.3 cm³/mol. The summed E-state index contributed by atoms with van der Waals surface area (Å²) in [5.41, 5.74) is -0.660. The summed E-state index contributed by atoms with van der Waals surface area (Å²) in [4.78, 5) is 11.1. The Morgan fingerprint density at radius 2 is 1.50 bits per heavy atom. The van der Waals surface area contributed by atoms with Crippen LogP contribution in [0.2, 0.25) is 0 Å². The van der Waals surface area contributed by atoms with E-state index < -0.39 is 60.2 Å². The Morgan fingerprint density at radius 3 is 2.00 bits per heavy atom. The predicted octanol–water partition coefficient (Wildman–Crippen LogP) is 3.79. The molecule has 1 spiro atoms. The Labute approximate surface area is 169 Å². The Hall–Kier alpha value is -1.07. The average Bonchev–Trinajstić information content (AvgIpc) is 2.71. The fourth-order valence-corrected chi connectivity index (χ4v) is 5.68. The summed E-state index contributed by atoms with van der Waals surface area (Å²) in [5, 5.41) is 0. The van der Waals surface area contributed by atoms with Crippen LogP contribution in [0.3, 0.4) is 0 Å². The SMILES string of the molecule is CC(F)(F)C(=O)OCCOC12CC3CC(C1)C1(OCC(F)(F)C(F)(F)CO1)C(C3)C2. The lowest BCUT2D eigenvalue weighted by molar-refractivity contribution is -0.358. The third-order valence-corrected chi connectivity index (χ3v) is 6.85. The molecular formula is C19H24F6O5. The summed E-state index contributed by atoms with van der Waals surface area (Å²) in [6.07, 6.45) is 2.58. The highest BCUT2D eigenvalue weighted by Gasteiger charge is 2.69.